The molecule has 3 N–H and O–H groups in total. The van der Waals surface area contributed by atoms with Crippen LogP contribution < -0.4 is 5.32 Å². The first-order valence-electron chi connectivity index (χ1n) is 6.43. The van der Waals surface area contributed by atoms with Crippen LogP contribution in [0.3, 0.4) is 0 Å². The summed E-state index contributed by atoms with van der Waals surface area (Å²) in [6, 6.07) is -1.11. The summed E-state index contributed by atoms with van der Waals surface area (Å²) >= 11 is 0. The van der Waals surface area contributed by atoms with Gasteiger partial charge in [0.1, 0.15) is 6.04 Å². The van der Waals surface area contributed by atoms with E-state index in [0.717, 1.165) is 24.2 Å². The van der Waals surface area contributed by atoms with Crippen LogP contribution in [0.15, 0.2) is 0 Å². The maximum atomic E-state index is 12.3. The van der Waals surface area contributed by atoms with Crippen LogP contribution in [0.5, 0.6) is 0 Å². The highest BCUT2D eigenvalue weighted by molar-refractivity contribution is 5.89. The molecule has 0 aromatic carbocycles. The average Bonchev–Trinajstić information content (AvgIpc) is 2.96. The van der Waals surface area contributed by atoms with Crippen molar-refractivity contribution in [1.82, 2.24) is 10.2 Å². The maximum Gasteiger partial charge on any atom is 0.408 e. The number of rotatable bonds is 1. The van der Waals surface area contributed by atoms with Gasteiger partial charge in [-0.1, -0.05) is 0 Å². The number of carboxylic acid groups (broad SMARTS) is 2. The van der Waals surface area contributed by atoms with Gasteiger partial charge in [0.2, 0.25) is 5.91 Å². The smallest absolute Gasteiger partial charge is 0.408 e. The van der Waals surface area contributed by atoms with E-state index in [1.165, 1.54) is 0 Å². The standard InChI is InChI=1S/C12H16N2O5/c15-8(16)7-5-11(6-14(7)10(18)19)1-2-12(3-4-12)13-9(11)17/h7H,1-6H2,(H,13,17)(H,15,16)(H,18,19)/t7-,11-/m0/s1. The Labute approximate surface area is 109 Å². The monoisotopic (exact) mass is 268 g/mol. The van der Waals surface area contributed by atoms with Crippen LogP contribution in [-0.2, 0) is 9.59 Å². The predicted octanol–water partition coefficient (Wildman–Crippen LogP) is 0.252. The normalized spacial score (nSPS) is 35.5. The Balaban J connectivity index is 1.84. The molecule has 2 saturated heterocycles. The van der Waals surface area contributed by atoms with Gasteiger partial charge in [0.15, 0.2) is 0 Å². The number of aliphatic carboxylic acids is 1. The van der Waals surface area contributed by atoms with E-state index in [2.05, 4.69) is 5.32 Å². The van der Waals surface area contributed by atoms with Crippen LogP contribution in [0, 0.1) is 5.41 Å². The molecular weight excluding hydrogens is 252 g/mol. The van der Waals surface area contributed by atoms with E-state index in [9.17, 15) is 14.4 Å². The maximum absolute atomic E-state index is 12.3. The van der Waals surface area contributed by atoms with E-state index in [1.807, 2.05) is 0 Å². The number of hydrogen-bond donors (Lipinski definition) is 3. The van der Waals surface area contributed by atoms with Crippen molar-refractivity contribution in [1.29, 1.82) is 0 Å². The van der Waals surface area contributed by atoms with Crippen LogP contribution in [-0.4, -0.2) is 51.2 Å². The third kappa shape index (κ3) is 1.75. The summed E-state index contributed by atoms with van der Waals surface area (Å²) in [7, 11) is 0. The fourth-order valence-electron chi connectivity index (χ4n) is 3.30. The van der Waals surface area contributed by atoms with E-state index in [-0.39, 0.29) is 24.4 Å². The van der Waals surface area contributed by atoms with Gasteiger partial charge >= 0.3 is 12.1 Å². The van der Waals surface area contributed by atoms with Crippen molar-refractivity contribution in [3.63, 3.8) is 0 Å². The molecule has 2 atom stereocenters. The molecule has 1 saturated carbocycles. The Morgan fingerprint density at radius 2 is 1.84 bits per heavy atom. The lowest BCUT2D eigenvalue weighted by Gasteiger charge is -2.36. The minimum absolute atomic E-state index is 0.0127. The summed E-state index contributed by atoms with van der Waals surface area (Å²) < 4.78 is 0. The molecule has 2 aliphatic heterocycles. The molecule has 0 unspecified atom stereocenters. The van der Waals surface area contributed by atoms with Crippen LogP contribution >= 0.6 is 0 Å². The van der Waals surface area contributed by atoms with E-state index >= 15 is 0 Å². The second kappa shape index (κ2) is 3.61. The van der Waals surface area contributed by atoms with Gasteiger partial charge in [-0.15, -0.1) is 0 Å². The fourth-order valence-corrected chi connectivity index (χ4v) is 3.30. The first-order valence-corrected chi connectivity index (χ1v) is 6.43. The number of hydrogen-bond acceptors (Lipinski definition) is 3. The van der Waals surface area contributed by atoms with Crippen LogP contribution in [0.2, 0.25) is 0 Å². The van der Waals surface area contributed by atoms with Gasteiger partial charge in [0.25, 0.3) is 0 Å². The highest BCUT2D eigenvalue weighted by Gasteiger charge is 2.59. The Morgan fingerprint density at radius 3 is 2.26 bits per heavy atom. The quantitative estimate of drug-likeness (QED) is 0.632. The third-order valence-electron chi connectivity index (χ3n) is 4.76. The van der Waals surface area contributed by atoms with Gasteiger partial charge in [-0.05, 0) is 32.1 Å². The number of nitrogens with zero attached hydrogens (tertiary/aromatic N) is 1. The van der Waals surface area contributed by atoms with Gasteiger partial charge < -0.3 is 15.5 Å². The van der Waals surface area contributed by atoms with Crippen LogP contribution in [0.4, 0.5) is 4.79 Å². The van der Waals surface area contributed by atoms with Crippen LogP contribution in [0.1, 0.15) is 32.1 Å². The molecule has 7 heteroatoms. The molecule has 2 amide bonds. The zero-order chi connectivity index (χ0) is 13.8. The van der Waals surface area contributed by atoms with Gasteiger partial charge in [0, 0.05) is 12.1 Å². The van der Waals surface area contributed by atoms with Crippen molar-refractivity contribution in [2.75, 3.05) is 6.54 Å². The minimum Gasteiger partial charge on any atom is -0.480 e. The second-order valence-electron chi connectivity index (χ2n) is 5.98. The zero-order valence-corrected chi connectivity index (χ0v) is 10.4. The lowest BCUT2D eigenvalue weighted by Crippen LogP contribution is -2.53. The van der Waals surface area contributed by atoms with E-state index in [0.29, 0.717) is 6.42 Å². The number of carbonyl (C=O) groups is 3. The predicted molar refractivity (Wildman–Crippen MR) is 62.5 cm³/mol. The molecule has 1 aliphatic carbocycles. The number of likely N-dealkylation sites (tertiary alicyclic amines) is 1. The second-order valence-corrected chi connectivity index (χ2v) is 5.98. The Hall–Kier alpha value is -1.79. The topological polar surface area (TPSA) is 107 Å². The number of amides is 2. The summed E-state index contributed by atoms with van der Waals surface area (Å²) in [5.41, 5.74) is -0.924. The first-order chi connectivity index (χ1) is 8.88. The summed E-state index contributed by atoms with van der Waals surface area (Å²) in [5, 5.41) is 21.2. The van der Waals surface area contributed by atoms with E-state index in [1.54, 1.807) is 0 Å². The van der Waals surface area contributed by atoms with Crippen LogP contribution in [0.25, 0.3) is 0 Å². The van der Waals surface area contributed by atoms with Crippen molar-refractivity contribution in [3.8, 4) is 0 Å². The Morgan fingerprint density at radius 1 is 1.21 bits per heavy atom. The number of nitrogens with one attached hydrogen (secondary N) is 1. The van der Waals surface area contributed by atoms with Crippen molar-refractivity contribution < 1.29 is 24.6 Å². The highest BCUT2D eigenvalue weighted by atomic mass is 16.4. The average molecular weight is 268 g/mol. The van der Waals surface area contributed by atoms with Gasteiger partial charge in [-0.2, -0.15) is 0 Å². The van der Waals surface area contributed by atoms with E-state index in [4.69, 9.17) is 10.2 Å². The molecule has 3 aliphatic rings. The number of carboxylic acids is 1. The molecule has 104 valence electrons. The van der Waals surface area contributed by atoms with Gasteiger partial charge in [-0.3, -0.25) is 9.69 Å². The third-order valence-corrected chi connectivity index (χ3v) is 4.76. The van der Waals surface area contributed by atoms with Crippen molar-refractivity contribution in [2.45, 2.75) is 43.7 Å². The molecule has 2 heterocycles. The summed E-state index contributed by atoms with van der Waals surface area (Å²) in [6.07, 6.45) is 2.14. The van der Waals surface area contributed by atoms with Crippen molar-refractivity contribution in [2.24, 2.45) is 5.41 Å². The van der Waals surface area contributed by atoms with Gasteiger partial charge in [-0.25, -0.2) is 9.59 Å². The zero-order valence-electron chi connectivity index (χ0n) is 10.4. The molecule has 2 spiro atoms. The molecule has 7 nitrogen and oxygen atoms in total. The van der Waals surface area contributed by atoms with Gasteiger partial charge in [0.05, 0.1) is 5.41 Å². The molecule has 0 aromatic heterocycles. The largest absolute Gasteiger partial charge is 0.480 e. The lowest BCUT2D eigenvalue weighted by atomic mass is 9.75. The van der Waals surface area contributed by atoms with E-state index < -0.39 is 23.5 Å². The molecule has 0 bridgehead atoms. The first kappa shape index (κ1) is 12.3. The Kier molecular flexibility index (Phi) is 2.33. The van der Waals surface area contributed by atoms with Crippen molar-refractivity contribution >= 4 is 18.0 Å². The minimum atomic E-state index is -1.27. The summed E-state index contributed by atoms with van der Waals surface area (Å²) in [6.45, 7) is -0.0127. The molecular formula is C12H16N2O5. The highest BCUT2D eigenvalue weighted by Crippen LogP contribution is 2.50. The number of carbonyl (C=O) groups excluding carboxylic acids is 1. The fraction of sp³-hybridized carbons (Fsp3) is 0.750. The summed E-state index contributed by atoms with van der Waals surface area (Å²) in [4.78, 5) is 35.4. The molecule has 0 aromatic rings. The molecule has 3 rings (SSSR count). The lowest BCUT2D eigenvalue weighted by molar-refractivity contribution is -0.141. The molecule has 0 radical (unpaired) electrons. The Bertz CT molecular complexity index is 449. The molecule has 3 fully saturated rings. The summed E-state index contributed by atoms with van der Waals surface area (Å²) in [5.74, 6) is -1.36. The van der Waals surface area contributed by atoms with Crippen molar-refractivity contribution in [3.05, 3.63) is 0 Å². The molecule has 19 heavy (non-hydrogen) atoms. The SMILES string of the molecule is O=C(O)[C@@H]1C[C@@]2(CCC3(CC3)NC2=O)CN1C(=O)O. The number of piperidine rings is 1.